The summed E-state index contributed by atoms with van der Waals surface area (Å²) in [7, 11) is 0. The van der Waals surface area contributed by atoms with Crippen molar-refractivity contribution in [3.63, 3.8) is 0 Å². The molecule has 0 saturated heterocycles. The van der Waals surface area contributed by atoms with Crippen LogP contribution in [0.15, 0.2) is 103 Å². The van der Waals surface area contributed by atoms with Crippen LogP contribution >= 0.6 is 22.6 Å². The summed E-state index contributed by atoms with van der Waals surface area (Å²) in [6.45, 7) is 40.7. The number of nitrogens with one attached hydrogen (secondary N) is 2. The molecule has 0 unspecified atom stereocenters. The Morgan fingerprint density at radius 3 is 1.00 bits per heavy atom. The zero-order chi connectivity index (χ0) is 55.4. The Bertz CT molecular complexity index is 3630. The maximum Gasteiger partial charge on any atom is 0.297 e. The third kappa shape index (κ3) is 10.8. The molecule has 2 N–H and O–H groups in total. The van der Waals surface area contributed by atoms with Crippen molar-refractivity contribution >= 4 is 68.6 Å². The van der Waals surface area contributed by atoms with Gasteiger partial charge in [0.15, 0.2) is 5.69 Å². The van der Waals surface area contributed by atoms with Crippen molar-refractivity contribution in [1.29, 1.82) is 0 Å². The number of fused-ring (bicyclic) bond motifs is 8. The summed E-state index contributed by atoms with van der Waals surface area (Å²) in [5.74, 6) is 0. The van der Waals surface area contributed by atoms with Crippen molar-refractivity contribution in [3.8, 4) is 44.5 Å². The van der Waals surface area contributed by atoms with Gasteiger partial charge in [-0.15, -0.1) is 0 Å². The SMILES string of the molecule is CC(C)(C)c1cc(-c2c3nc(c(-c4cc(C(C)(C)C)cc(C(C)(C)C)c4)c4ccc([nH]4)c(-c4ccc(I)cc4)c4nc(c(-c5cc(C(C)(C)C)cc(C(C)(C)C)c5)c5ccc2[nH]5)C=C4[N+](=O)[O-])C=C3)cc(C(C)(C)C)c1. The van der Waals surface area contributed by atoms with E-state index in [1.54, 1.807) is 6.08 Å². The van der Waals surface area contributed by atoms with Crippen LogP contribution in [0.5, 0.6) is 0 Å². The molecule has 8 bridgehead atoms. The molecular formula is C68H76IN5O2. The van der Waals surface area contributed by atoms with E-state index in [0.717, 1.165) is 81.6 Å². The number of rotatable bonds is 5. The number of halogens is 1. The molecule has 392 valence electrons. The first kappa shape index (κ1) is 54.4. The zero-order valence-corrected chi connectivity index (χ0v) is 50.2. The summed E-state index contributed by atoms with van der Waals surface area (Å²) in [5, 5.41) is 13.7. The summed E-state index contributed by atoms with van der Waals surface area (Å²) < 4.78 is 1.05. The van der Waals surface area contributed by atoms with Gasteiger partial charge in [0.1, 0.15) is 0 Å². The molecule has 9 rings (SSSR count). The number of hydrogen-bond acceptors (Lipinski definition) is 4. The van der Waals surface area contributed by atoms with E-state index in [2.05, 4.69) is 248 Å². The standard InChI is InChI=1S/C68H76IN5O2/c1-63(2,3)43-29-40(30-44(35-43)64(4,5)6)58-50-23-24-51(70-50)59(41-31-45(65(7,8)9)36-46(32-41)66(10,11)12)53-27-28-55(72-53)61(39-19-21-49(69)22-20-39)62-57(74(75)76)38-56(73-62)60(54-26-25-52(58)71-54)42-33-47(67(13,14)15)37-48(34-42)68(16,17)18/h19-38,71-72H,1-18H3. The highest BCUT2D eigenvalue weighted by molar-refractivity contribution is 14.1. The maximum absolute atomic E-state index is 13.7. The number of hydrogen-bond donors (Lipinski definition) is 2. The van der Waals surface area contributed by atoms with Crippen LogP contribution in [0.1, 0.15) is 181 Å². The average Bonchev–Trinajstić information content (AvgIpc) is 4.15. The van der Waals surface area contributed by atoms with Crippen LogP contribution in [0.4, 0.5) is 0 Å². The molecule has 0 saturated carbocycles. The predicted octanol–water partition coefficient (Wildman–Crippen LogP) is 19.3. The molecule has 76 heavy (non-hydrogen) atoms. The highest BCUT2D eigenvalue weighted by Gasteiger charge is 2.31. The van der Waals surface area contributed by atoms with Gasteiger partial charge in [-0.1, -0.05) is 191 Å². The fraction of sp³-hybridized carbons (Fsp3) is 0.353. The Labute approximate surface area is 465 Å². The van der Waals surface area contributed by atoms with Crippen LogP contribution in [-0.4, -0.2) is 24.9 Å². The molecule has 0 atom stereocenters. The largest absolute Gasteiger partial charge is 0.354 e. The fourth-order valence-electron chi connectivity index (χ4n) is 10.1. The number of nitro groups is 1. The predicted molar refractivity (Wildman–Crippen MR) is 331 cm³/mol. The van der Waals surface area contributed by atoms with Crippen molar-refractivity contribution < 1.29 is 4.92 Å². The van der Waals surface area contributed by atoms with E-state index in [9.17, 15) is 10.1 Å². The van der Waals surface area contributed by atoms with Gasteiger partial charge in [0.25, 0.3) is 5.70 Å². The molecule has 0 radical (unpaired) electrons. The van der Waals surface area contributed by atoms with Gasteiger partial charge in [-0.3, -0.25) is 10.1 Å². The van der Waals surface area contributed by atoms with Crippen LogP contribution in [0.3, 0.4) is 0 Å². The zero-order valence-electron chi connectivity index (χ0n) is 48.1. The lowest BCUT2D eigenvalue weighted by Crippen LogP contribution is -2.16. The van der Waals surface area contributed by atoms with Crippen molar-refractivity contribution in [2.24, 2.45) is 0 Å². The lowest BCUT2D eigenvalue weighted by atomic mass is 9.78. The second-order valence-corrected chi connectivity index (χ2v) is 28.6. The Kier molecular flexibility index (Phi) is 13.6. The highest BCUT2D eigenvalue weighted by atomic mass is 127. The fourth-order valence-corrected chi connectivity index (χ4v) is 10.5. The third-order valence-electron chi connectivity index (χ3n) is 15.0. The summed E-state index contributed by atoms with van der Waals surface area (Å²) >= 11 is 2.31. The summed E-state index contributed by atoms with van der Waals surface area (Å²) in [6, 6.07) is 37.4. The number of aromatic amines is 2. The maximum atomic E-state index is 13.7. The molecule has 0 aliphatic carbocycles. The summed E-state index contributed by atoms with van der Waals surface area (Å²) in [4.78, 5) is 32.5. The quantitative estimate of drug-likeness (QED) is 0.102. The minimum atomic E-state index is -0.278. The Hall–Kier alpha value is -6.39. The van der Waals surface area contributed by atoms with Crippen LogP contribution < -0.4 is 0 Å². The van der Waals surface area contributed by atoms with Crippen molar-refractivity contribution in [2.75, 3.05) is 0 Å². The summed E-state index contributed by atoms with van der Waals surface area (Å²) in [6.07, 6.45) is 6.02. The van der Waals surface area contributed by atoms with Crippen LogP contribution in [-0.2, 0) is 32.5 Å². The molecule has 5 heterocycles. The van der Waals surface area contributed by atoms with E-state index in [4.69, 9.17) is 9.97 Å². The van der Waals surface area contributed by atoms with Gasteiger partial charge in [0.2, 0.25) is 0 Å². The lowest BCUT2D eigenvalue weighted by molar-refractivity contribution is -0.374. The van der Waals surface area contributed by atoms with Crippen LogP contribution in [0.2, 0.25) is 0 Å². The summed E-state index contributed by atoms with van der Waals surface area (Å²) in [5.41, 5.74) is 18.9. The van der Waals surface area contributed by atoms with Gasteiger partial charge in [0, 0.05) is 54.0 Å². The van der Waals surface area contributed by atoms with Gasteiger partial charge in [0.05, 0.1) is 22.0 Å². The van der Waals surface area contributed by atoms with E-state index in [1.165, 1.54) is 22.3 Å². The minimum absolute atomic E-state index is 0.0731. The molecule has 7 nitrogen and oxygen atoms in total. The first-order chi connectivity index (χ1) is 35.1. The van der Waals surface area contributed by atoms with E-state index in [1.807, 2.05) is 24.3 Å². The molecule has 0 fully saturated rings. The van der Waals surface area contributed by atoms with Gasteiger partial charge in [-0.25, -0.2) is 9.97 Å². The molecular weight excluding hydrogens is 1050 g/mol. The molecule has 0 spiro atoms. The number of H-pyrrole nitrogens is 2. The number of aromatic nitrogens is 4. The average molecular weight is 1120 g/mol. The second-order valence-electron chi connectivity index (χ2n) is 27.3. The van der Waals surface area contributed by atoms with Gasteiger partial charge < -0.3 is 9.97 Å². The third-order valence-corrected chi connectivity index (χ3v) is 15.8. The van der Waals surface area contributed by atoms with Crippen molar-refractivity contribution in [2.45, 2.75) is 157 Å². The minimum Gasteiger partial charge on any atom is -0.354 e. The molecule has 8 heteroatoms. The van der Waals surface area contributed by atoms with Crippen molar-refractivity contribution in [1.82, 2.24) is 19.9 Å². The Morgan fingerprint density at radius 1 is 0.395 bits per heavy atom. The molecule has 3 aromatic heterocycles. The smallest absolute Gasteiger partial charge is 0.297 e. The van der Waals surface area contributed by atoms with Gasteiger partial charge >= 0.3 is 0 Å². The van der Waals surface area contributed by atoms with E-state index < -0.39 is 0 Å². The lowest BCUT2D eigenvalue weighted by Gasteiger charge is -2.26. The Balaban J connectivity index is 1.57. The molecule has 4 aromatic carbocycles. The molecule has 2 aliphatic rings. The molecule has 0 amide bonds. The normalized spacial score (nSPS) is 13.6. The van der Waals surface area contributed by atoms with Crippen LogP contribution in [0, 0.1) is 13.7 Å². The van der Waals surface area contributed by atoms with E-state index in [-0.39, 0.29) is 48.8 Å². The number of nitrogens with zero attached hydrogens (tertiary/aromatic N) is 3. The monoisotopic (exact) mass is 1120 g/mol. The van der Waals surface area contributed by atoms with Gasteiger partial charge in [-0.05, 0) is 159 Å². The van der Waals surface area contributed by atoms with E-state index in [0.29, 0.717) is 16.8 Å². The second kappa shape index (κ2) is 19.0. The van der Waals surface area contributed by atoms with Crippen LogP contribution in [0.25, 0.3) is 90.5 Å². The molecule has 2 aliphatic heterocycles. The highest BCUT2D eigenvalue weighted by Crippen LogP contribution is 2.45. The first-order valence-corrected chi connectivity index (χ1v) is 27.8. The van der Waals surface area contributed by atoms with Crippen molar-refractivity contribution in [3.05, 3.63) is 173 Å². The van der Waals surface area contributed by atoms with E-state index >= 15 is 0 Å². The van der Waals surface area contributed by atoms with Gasteiger partial charge in [-0.2, -0.15) is 0 Å². The topological polar surface area (TPSA) is 100 Å². The molecule has 7 aromatic rings. The first-order valence-electron chi connectivity index (χ1n) is 26.7. The Morgan fingerprint density at radius 2 is 0.697 bits per heavy atom. The number of benzene rings is 4.